The molecule has 4 N–H and O–H groups in total. The van der Waals surface area contributed by atoms with Gasteiger partial charge in [0.05, 0.1) is 12.2 Å². The minimum absolute atomic E-state index is 0.0727. The molecule has 98 valence electrons. The Labute approximate surface area is 104 Å². The predicted octanol–water partition coefficient (Wildman–Crippen LogP) is -0.0355. The number of rotatable bonds is 9. The largest absolute Gasteiger partial charge is 0.481 e. The third kappa shape index (κ3) is 9.68. The fraction of sp³-hybridized carbons (Fsp3) is 0.700. The Kier molecular flexibility index (Phi) is 8.21. The summed E-state index contributed by atoms with van der Waals surface area (Å²) in [7, 11) is 0. The molecule has 0 radical (unpaired) electrons. The van der Waals surface area contributed by atoms with Gasteiger partial charge in [0.1, 0.15) is 0 Å². The number of amides is 2. The highest BCUT2D eigenvalue weighted by Gasteiger charge is 2.13. The van der Waals surface area contributed by atoms with Crippen LogP contribution in [-0.4, -0.2) is 40.4 Å². The number of aliphatic carboxylic acids is 1. The van der Waals surface area contributed by atoms with Crippen molar-refractivity contribution in [2.45, 2.75) is 32.2 Å². The van der Waals surface area contributed by atoms with Crippen LogP contribution in [0.4, 0.5) is 0 Å². The SMILES string of the molecule is CCC(CC(=O)O)NC(=O)CCSCC(N)=O. The van der Waals surface area contributed by atoms with Gasteiger partial charge < -0.3 is 16.2 Å². The molecule has 0 aliphatic heterocycles. The Bertz CT molecular complexity index is 283. The van der Waals surface area contributed by atoms with Crippen LogP contribution in [0.15, 0.2) is 0 Å². The molecule has 0 saturated heterocycles. The van der Waals surface area contributed by atoms with E-state index >= 15 is 0 Å². The number of nitrogens with one attached hydrogen (secondary N) is 1. The van der Waals surface area contributed by atoms with E-state index in [1.807, 2.05) is 6.92 Å². The van der Waals surface area contributed by atoms with Crippen molar-refractivity contribution in [3.63, 3.8) is 0 Å². The summed E-state index contributed by atoms with van der Waals surface area (Å²) in [6.07, 6.45) is 0.761. The molecule has 0 spiro atoms. The monoisotopic (exact) mass is 262 g/mol. The Morgan fingerprint density at radius 3 is 2.53 bits per heavy atom. The molecular formula is C10H18N2O4S. The number of hydrogen-bond acceptors (Lipinski definition) is 4. The number of carbonyl (C=O) groups excluding carboxylic acids is 2. The maximum Gasteiger partial charge on any atom is 0.305 e. The van der Waals surface area contributed by atoms with Crippen LogP contribution in [0.1, 0.15) is 26.2 Å². The van der Waals surface area contributed by atoms with E-state index in [0.717, 1.165) is 0 Å². The lowest BCUT2D eigenvalue weighted by molar-refractivity contribution is -0.137. The topological polar surface area (TPSA) is 109 Å². The Morgan fingerprint density at radius 1 is 1.41 bits per heavy atom. The zero-order chi connectivity index (χ0) is 13.3. The molecule has 0 bridgehead atoms. The lowest BCUT2D eigenvalue weighted by atomic mass is 10.1. The first-order valence-corrected chi connectivity index (χ1v) is 6.48. The Morgan fingerprint density at radius 2 is 2.06 bits per heavy atom. The molecule has 2 amide bonds. The summed E-state index contributed by atoms with van der Waals surface area (Å²) in [6.45, 7) is 1.82. The standard InChI is InChI=1S/C10H18N2O4S/c1-2-7(5-10(15)16)12-9(14)3-4-17-6-8(11)13/h7H,2-6H2,1H3,(H2,11,13)(H,12,14)(H,15,16). The summed E-state index contributed by atoms with van der Waals surface area (Å²) in [6, 6.07) is -0.332. The van der Waals surface area contributed by atoms with Crippen molar-refractivity contribution in [3.8, 4) is 0 Å². The van der Waals surface area contributed by atoms with E-state index in [9.17, 15) is 14.4 Å². The van der Waals surface area contributed by atoms with Crippen molar-refractivity contribution in [1.82, 2.24) is 5.32 Å². The molecule has 17 heavy (non-hydrogen) atoms. The molecule has 6 nitrogen and oxygen atoms in total. The van der Waals surface area contributed by atoms with Gasteiger partial charge in [-0.1, -0.05) is 6.92 Å². The normalized spacial score (nSPS) is 11.8. The number of carboxylic acid groups (broad SMARTS) is 1. The highest BCUT2D eigenvalue weighted by Crippen LogP contribution is 2.03. The van der Waals surface area contributed by atoms with Gasteiger partial charge in [0, 0.05) is 18.2 Å². The van der Waals surface area contributed by atoms with Gasteiger partial charge in [0.2, 0.25) is 11.8 Å². The minimum Gasteiger partial charge on any atom is -0.481 e. The van der Waals surface area contributed by atoms with E-state index in [4.69, 9.17) is 10.8 Å². The molecule has 0 saturated carbocycles. The smallest absolute Gasteiger partial charge is 0.305 e. The van der Waals surface area contributed by atoms with Gasteiger partial charge in [-0.15, -0.1) is 0 Å². The van der Waals surface area contributed by atoms with Gasteiger partial charge in [0.15, 0.2) is 0 Å². The molecule has 0 aliphatic carbocycles. The third-order valence-corrected chi connectivity index (χ3v) is 2.98. The zero-order valence-electron chi connectivity index (χ0n) is 9.77. The number of primary amides is 1. The molecule has 0 heterocycles. The number of carboxylic acids is 1. The summed E-state index contributed by atoms with van der Waals surface area (Å²) < 4.78 is 0. The highest BCUT2D eigenvalue weighted by atomic mass is 32.2. The van der Waals surface area contributed by atoms with Gasteiger partial charge in [-0.2, -0.15) is 11.8 Å². The third-order valence-electron chi connectivity index (χ3n) is 2.00. The quantitative estimate of drug-likeness (QED) is 0.505. The van der Waals surface area contributed by atoms with Crippen LogP contribution in [0.5, 0.6) is 0 Å². The molecule has 0 aromatic heterocycles. The first kappa shape index (κ1) is 15.8. The van der Waals surface area contributed by atoms with E-state index in [2.05, 4.69) is 5.32 Å². The molecule has 7 heteroatoms. The maximum absolute atomic E-state index is 11.4. The fourth-order valence-corrected chi connectivity index (χ4v) is 1.82. The second-order valence-corrected chi connectivity index (χ2v) is 4.64. The van der Waals surface area contributed by atoms with Gasteiger partial charge >= 0.3 is 5.97 Å². The highest BCUT2D eigenvalue weighted by molar-refractivity contribution is 7.99. The first-order valence-electron chi connectivity index (χ1n) is 5.32. The molecule has 0 fully saturated rings. The summed E-state index contributed by atoms with van der Waals surface area (Å²) in [5, 5.41) is 11.2. The second kappa shape index (κ2) is 8.86. The van der Waals surface area contributed by atoms with E-state index in [1.54, 1.807) is 0 Å². The van der Waals surface area contributed by atoms with Gasteiger partial charge in [0.25, 0.3) is 0 Å². The lowest BCUT2D eigenvalue weighted by Gasteiger charge is -2.14. The maximum atomic E-state index is 11.4. The van der Waals surface area contributed by atoms with E-state index < -0.39 is 11.9 Å². The van der Waals surface area contributed by atoms with E-state index in [1.165, 1.54) is 11.8 Å². The predicted molar refractivity (Wildman–Crippen MR) is 65.6 cm³/mol. The number of nitrogens with two attached hydrogens (primary N) is 1. The van der Waals surface area contributed by atoms with Crippen LogP contribution in [0, 0.1) is 0 Å². The second-order valence-electron chi connectivity index (χ2n) is 3.54. The fourth-order valence-electron chi connectivity index (χ4n) is 1.15. The Balaban J connectivity index is 3.75. The van der Waals surface area contributed by atoms with E-state index in [0.29, 0.717) is 12.2 Å². The van der Waals surface area contributed by atoms with Crippen molar-refractivity contribution in [2.24, 2.45) is 5.73 Å². The van der Waals surface area contributed by atoms with E-state index in [-0.39, 0.29) is 30.5 Å². The molecule has 0 aliphatic rings. The van der Waals surface area contributed by atoms with Gasteiger partial charge in [-0.3, -0.25) is 14.4 Å². The van der Waals surface area contributed by atoms with Gasteiger partial charge in [-0.05, 0) is 6.42 Å². The first-order chi connectivity index (χ1) is 7.95. The number of carbonyl (C=O) groups is 3. The molecule has 0 aromatic carbocycles. The summed E-state index contributed by atoms with van der Waals surface area (Å²) >= 11 is 1.29. The van der Waals surface area contributed by atoms with Crippen molar-refractivity contribution < 1.29 is 19.5 Å². The lowest BCUT2D eigenvalue weighted by Crippen LogP contribution is -2.36. The number of thioether (sulfide) groups is 1. The van der Waals surface area contributed by atoms with Crippen LogP contribution < -0.4 is 11.1 Å². The van der Waals surface area contributed by atoms with Crippen molar-refractivity contribution in [3.05, 3.63) is 0 Å². The molecular weight excluding hydrogens is 244 g/mol. The van der Waals surface area contributed by atoms with Crippen LogP contribution in [0.3, 0.4) is 0 Å². The van der Waals surface area contributed by atoms with Crippen molar-refractivity contribution >= 4 is 29.5 Å². The van der Waals surface area contributed by atoms with Crippen molar-refractivity contribution in [2.75, 3.05) is 11.5 Å². The van der Waals surface area contributed by atoms with Crippen LogP contribution >= 0.6 is 11.8 Å². The summed E-state index contributed by atoms with van der Waals surface area (Å²) in [5.41, 5.74) is 4.94. The molecule has 0 aromatic rings. The average molecular weight is 262 g/mol. The minimum atomic E-state index is -0.930. The van der Waals surface area contributed by atoms with Crippen LogP contribution in [0.25, 0.3) is 0 Å². The van der Waals surface area contributed by atoms with Crippen molar-refractivity contribution in [1.29, 1.82) is 0 Å². The zero-order valence-corrected chi connectivity index (χ0v) is 10.6. The summed E-state index contributed by atoms with van der Waals surface area (Å²) in [4.78, 5) is 32.3. The molecule has 1 atom stereocenters. The van der Waals surface area contributed by atoms with Crippen LogP contribution in [-0.2, 0) is 14.4 Å². The summed E-state index contributed by atoms with van der Waals surface area (Å²) in [5.74, 6) is -0.846. The number of hydrogen-bond donors (Lipinski definition) is 3. The Hall–Kier alpha value is -1.24. The molecule has 1 unspecified atom stereocenters. The van der Waals surface area contributed by atoms with Gasteiger partial charge in [-0.25, -0.2) is 0 Å². The molecule has 0 rings (SSSR count). The average Bonchev–Trinajstić information content (AvgIpc) is 2.22. The van der Waals surface area contributed by atoms with Crippen LogP contribution in [0.2, 0.25) is 0 Å².